The van der Waals surface area contributed by atoms with E-state index in [-0.39, 0.29) is 17.2 Å². The Kier molecular flexibility index (Phi) is 7.97. The minimum atomic E-state index is -0.734. The Morgan fingerprint density at radius 1 is 1.36 bits per heavy atom. The molecule has 1 heterocycles. The molecule has 1 aromatic rings. The van der Waals surface area contributed by atoms with Gasteiger partial charge in [0.2, 0.25) is 0 Å². The van der Waals surface area contributed by atoms with Crippen molar-refractivity contribution >= 4 is 22.7 Å². The predicted octanol–water partition coefficient (Wildman–Crippen LogP) is 1.25. The summed E-state index contributed by atoms with van der Waals surface area (Å²) < 4.78 is 17.1. The van der Waals surface area contributed by atoms with Gasteiger partial charge in [0.1, 0.15) is 0 Å². The standard InChI is InChI=1S/C17H28N4O3S/c1-3-25(23)14-7-4-6-13(12-14)21-17(18-2)20-10-9-19-16(22)15-8-5-11-24-15/h5,8,11,13-14H,3-4,6-7,9-10,12H2,1-2H3,(H,19,22)(H2,18,20,21). The molecular formula is C17H28N4O3S. The van der Waals surface area contributed by atoms with Crippen molar-refractivity contribution in [1.82, 2.24) is 16.0 Å². The first-order valence-corrected chi connectivity index (χ1v) is 10.2. The molecule has 25 heavy (non-hydrogen) atoms. The number of nitrogens with zero attached hydrogens (tertiary/aromatic N) is 1. The Morgan fingerprint density at radius 2 is 2.16 bits per heavy atom. The molecule has 0 aliphatic heterocycles. The van der Waals surface area contributed by atoms with Crippen molar-refractivity contribution in [1.29, 1.82) is 0 Å². The highest BCUT2D eigenvalue weighted by molar-refractivity contribution is 7.85. The molecule has 3 atom stereocenters. The van der Waals surface area contributed by atoms with Gasteiger partial charge in [0.15, 0.2) is 11.7 Å². The Balaban J connectivity index is 1.70. The average Bonchev–Trinajstić information content (AvgIpc) is 3.18. The number of furan rings is 1. The number of hydrogen-bond acceptors (Lipinski definition) is 4. The quantitative estimate of drug-likeness (QED) is 0.382. The maximum absolute atomic E-state index is 12.0. The van der Waals surface area contributed by atoms with Crippen LogP contribution in [0.4, 0.5) is 0 Å². The molecule has 1 aromatic heterocycles. The fraction of sp³-hybridized carbons (Fsp3) is 0.647. The number of rotatable bonds is 7. The van der Waals surface area contributed by atoms with E-state index < -0.39 is 10.8 Å². The summed E-state index contributed by atoms with van der Waals surface area (Å²) in [5.74, 6) is 1.51. The smallest absolute Gasteiger partial charge is 0.287 e. The van der Waals surface area contributed by atoms with E-state index in [1.807, 2.05) is 6.92 Å². The molecule has 1 saturated carbocycles. The molecule has 1 amide bonds. The van der Waals surface area contributed by atoms with Crippen LogP contribution in [0.5, 0.6) is 0 Å². The molecule has 1 fully saturated rings. The second-order valence-electron chi connectivity index (χ2n) is 6.03. The minimum Gasteiger partial charge on any atom is -0.459 e. The molecule has 0 aromatic carbocycles. The lowest BCUT2D eigenvalue weighted by Gasteiger charge is -2.30. The molecular weight excluding hydrogens is 340 g/mol. The molecule has 8 heteroatoms. The Hall–Kier alpha value is -1.83. The second-order valence-corrected chi connectivity index (χ2v) is 8.04. The summed E-state index contributed by atoms with van der Waals surface area (Å²) in [5.41, 5.74) is 0. The van der Waals surface area contributed by atoms with Gasteiger partial charge in [-0.2, -0.15) is 0 Å². The normalized spacial score (nSPS) is 22.2. The summed E-state index contributed by atoms with van der Waals surface area (Å²) >= 11 is 0. The summed E-state index contributed by atoms with van der Waals surface area (Å²) in [4.78, 5) is 16.0. The fourth-order valence-electron chi connectivity index (χ4n) is 2.99. The molecule has 1 aliphatic rings. The van der Waals surface area contributed by atoms with Gasteiger partial charge in [0, 0.05) is 48.0 Å². The Morgan fingerprint density at radius 3 is 2.84 bits per heavy atom. The highest BCUT2D eigenvalue weighted by Gasteiger charge is 2.25. The third kappa shape index (κ3) is 6.19. The summed E-state index contributed by atoms with van der Waals surface area (Å²) in [6, 6.07) is 3.60. The van der Waals surface area contributed by atoms with E-state index in [9.17, 15) is 9.00 Å². The number of amides is 1. The highest BCUT2D eigenvalue weighted by atomic mass is 32.2. The second kappa shape index (κ2) is 10.2. The lowest BCUT2D eigenvalue weighted by molar-refractivity contribution is 0.0926. The first-order chi connectivity index (χ1) is 12.1. The van der Waals surface area contributed by atoms with Gasteiger partial charge in [0.25, 0.3) is 5.91 Å². The first kappa shape index (κ1) is 19.5. The fourth-order valence-corrected chi connectivity index (χ4v) is 4.34. The molecule has 2 rings (SSSR count). The van der Waals surface area contributed by atoms with Crippen LogP contribution in [-0.4, -0.2) is 53.3 Å². The number of hydrogen-bond donors (Lipinski definition) is 3. The van der Waals surface area contributed by atoms with Crippen molar-refractivity contribution in [2.45, 2.75) is 43.9 Å². The number of aliphatic imine (C=N–C) groups is 1. The average molecular weight is 369 g/mol. The number of guanidine groups is 1. The van der Waals surface area contributed by atoms with Gasteiger partial charge < -0.3 is 20.4 Å². The van der Waals surface area contributed by atoms with Gasteiger partial charge in [-0.1, -0.05) is 13.3 Å². The molecule has 3 N–H and O–H groups in total. The summed E-state index contributed by atoms with van der Waals surface area (Å²) in [7, 11) is 0.989. The predicted molar refractivity (Wildman–Crippen MR) is 100 cm³/mol. The van der Waals surface area contributed by atoms with Crippen molar-refractivity contribution in [2.75, 3.05) is 25.9 Å². The van der Waals surface area contributed by atoms with E-state index >= 15 is 0 Å². The van der Waals surface area contributed by atoms with E-state index in [0.717, 1.165) is 31.4 Å². The molecule has 0 radical (unpaired) electrons. The molecule has 0 saturated heterocycles. The number of carbonyl (C=O) groups is 1. The summed E-state index contributed by atoms with van der Waals surface area (Å²) in [6.07, 6.45) is 5.58. The lowest BCUT2D eigenvalue weighted by Crippen LogP contribution is -2.48. The van der Waals surface area contributed by atoms with Crippen molar-refractivity contribution in [3.8, 4) is 0 Å². The van der Waals surface area contributed by atoms with Gasteiger partial charge in [-0.05, 0) is 31.4 Å². The molecule has 0 spiro atoms. The van der Waals surface area contributed by atoms with E-state index in [4.69, 9.17) is 4.42 Å². The Bertz CT molecular complexity index is 589. The minimum absolute atomic E-state index is 0.230. The third-order valence-electron chi connectivity index (χ3n) is 4.29. The van der Waals surface area contributed by atoms with Crippen LogP contribution in [0, 0.1) is 0 Å². The lowest BCUT2D eigenvalue weighted by atomic mass is 9.95. The van der Waals surface area contributed by atoms with Crippen LogP contribution in [0.3, 0.4) is 0 Å². The van der Waals surface area contributed by atoms with Crippen molar-refractivity contribution < 1.29 is 13.4 Å². The van der Waals surface area contributed by atoms with Gasteiger partial charge in [-0.15, -0.1) is 0 Å². The van der Waals surface area contributed by atoms with Crippen LogP contribution in [-0.2, 0) is 10.8 Å². The van der Waals surface area contributed by atoms with E-state index in [2.05, 4.69) is 20.9 Å². The van der Waals surface area contributed by atoms with E-state index in [0.29, 0.717) is 24.8 Å². The highest BCUT2D eigenvalue weighted by Crippen LogP contribution is 2.22. The zero-order valence-electron chi connectivity index (χ0n) is 14.9. The topological polar surface area (TPSA) is 95.7 Å². The largest absolute Gasteiger partial charge is 0.459 e. The zero-order chi connectivity index (χ0) is 18.1. The van der Waals surface area contributed by atoms with Crippen molar-refractivity contribution in [2.24, 2.45) is 4.99 Å². The van der Waals surface area contributed by atoms with Gasteiger partial charge >= 0.3 is 0 Å². The van der Waals surface area contributed by atoms with Crippen LogP contribution >= 0.6 is 0 Å². The Labute approximate surface area is 151 Å². The molecule has 0 bridgehead atoms. The van der Waals surface area contributed by atoms with Gasteiger partial charge in [0.05, 0.1) is 6.26 Å². The van der Waals surface area contributed by atoms with E-state index in [1.165, 1.54) is 6.26 Å². The SMILES string of the molecule is CCS(=O)C1CCCC(NC(=NC)NCCNC(=O)c2ccco2)C1. The monoisotopic (exact) mass is 368 g/mol. The van der Waals surface area contributed by atoms with Crippen LogP contribution in [0.1, 0.15) is 43.2 Å². The van der Waals surface area contributed by atoms with Gasteiger partial charge in [-0.3, -0.25) is 14.0 Å². The van der Waals surface area contributed by atoms with Crippen LogP contribution < -0.4 is 16.0 Å². The molecule has 3 unspecified atom stereocenters. The maximum atomic E-state index is 12.0. The van der Waals surface area contributed by atoms with Crippen LogP contribution in [0.15, 0.2) is 27.8 Å². The number of nitrogens with one attached hydrogen (secondary N) is 3. The third-order valence-corrected chi connectivity index (χ3v) is 6.04. The zero-order valence-corrected chi connectivity index (χ0v) is 15.7. The first-order valence-electron chi connectivity index (χ1n) is 8.80. The van der Waals surface area contributed by atoms with Crippen LogP contribution in [0.2, 0.25) is 0 Å². The molecule has 7 nitrogen and oxygen atoms in total. The van der Waals surface area contributed by atoms with E-state index in [1.54, 1.807) is 19.2 Å². The number of carbonyl (C=O) groups excluding carboxylic acids is 1. The van der Waals surface area contributed by atoms with Crippen LogP contribution in [0.25, 0.3) is 0 Å². The molecule has 1 aliphatic carbocycles. The summed E-state index contributed by atoms with van der Waals surface area (Å²) in [5, 5.41) is 9.66. The van der Waals surface area contributed by atoms with Crippen molar-refractivity contribution in [3.63, 3.8) is 0 Å². The maximum Gasteiger partial charge on any atom is 0.287 e. The molecule has 140 valence electrons. The van der Waals surface area contributed by atoms with Gasteiger partial charge in [-0.25, -0.2) is 0 Å². The summed E-state index contributed by atoms with van der Waals surface area (Å²) in [6.45, 7) is 3.00. The van der Waals surface area contributed by atoms with Crippen molar-refractivity contribution in [3.05, 3.63) is 24.2 Å².